The molecule has 4 heteroatoms. The Morgan fingerprint density at radius 2 is 2.57 bits per heavy atom. The zero-order chi connectivity index (χ0) is 10.2. The molecule has 0 saturated carbocycles. The van der Waals surface area contributed by atoms with Gasteiger partial charge < -0.3 is 14.9 Å². The second-order valence-corrected chi connectivity index (χ2v) is 3.07. The van der Waals surface area contributed by atoms with Crippen LogP contribution in [0.25, 0.3) is 0 Å². The zero-order valence-electron chi connectivity index (χ0n) is 8.67. The van der Waals surface area contributed by atoms with Gasteiger partial charge in [0.1, 0.15) is 12.3 Å². The average molecular weight is 196 g/mol. The van der Waals surface area contributed by atoms with Gasteiger partial charge in [0.25, 0.3) is 0 Å². The molecule has 0 amide bonds. The van der Waals surface area contributed by atoms with Crippen LogP contribution in [0.5, 0.6) is 0 Å². The summed E-state index contributed by atoms with van der Waals surface area (Å²) in [6.07, 6.45) is 0. The first kappa shape index (κ1) is 11.0. The molecule has 0 spiro atoms. The van der Waals surface area contributed by atoms with Crippen molar-refractivity contribution < 1.29 is 9.57 Å². The summed E-state index contributed by atoms with van der Waals surface area (Å²) in [5.74, 6) is 5.56. The van der Waals surface area contributed by atoms with E-state index in [0.29, 0.717) is 18.9 Å². The molecule has 1 atom stereocenters. The van der Waals surface area contributed by atoms with Gasteiger partial charge in [0.05, 0.1) is 19.3 Å². The van der Waals surface area contributed by atoms with Crippen molar-refractivity contribution in [2.45, 2.75) is 19.9 Å². The van der Waals surface area contributed by atoms with Crippen molar-refractivity contribution in [3.05, 3.63) is 0 Å². The van der Waals surface area contributed by atoms with E-state index in [1.165, 1.54) is 0 Å². The van der Waals surface area contributed by atoms with Crippen molar-refractivity contribution in [2.24, 2.45) is 5.16 Å². The molecule has 14 heavy (non-hydrogen) atoms. The molecule has 0 aromatic heterocycles. The number of oxime groups is 1. The van der Waals surface area contributed by atoms with Crippen LogP contribution in [0.1, 0.15) is 13.8 Å². The third kappa shape index (κ3) is 4.26. The van der Waals surface area contributed by atoms with Crippen LogP contribution in [0.4, 0.5) is 0 Å². The minimum Gasteiger partial charge on any atom is -0.393 e. The molecule has 1 heterocycles. The summed E-state index contributed by atoms with van der Waals surface area (Å²) in [7, 11) is 0. The largest absolute Gasteiger partial charge is 0.393 e. The Kier molecular flexibility index (Phi) is 5.05. The molecule has 0 aromatic carbocycles. The molecular formula is C10H16N2O2. The first-order valence-corrected chi connectivity index (χ1v) is 4.73. The monoisotopic (exact) mass is 196 g/mol. The quantitative estimate of drug-likeness (QED) is 0.403. The smallest absolute Gasteiger partial charge is 0.134 e. The topological polar surface area (TPSA) is 42.9 Å². The van der Waals surface area contributed by atoms with Crippen molar-refractivity contribution in [1.29, 1.82) is 0 Å². The molecule has 1 saturated heterocycles. The number of morpholine rings is 1. The number of nitrogens with one attached hydrogen (secondary N) is 1. The Labute approximate surface area is 84.6 Å². The molecule has 1 aliphatic heterocycles. The van der Waals surface area contributed by atoms with Gasteiger partial charge in [0.2, 0.25) is 0 Å². The first-order valence-electron chi connectivity index (χ1n) is 4.73. The Morgan fingerprint density at radius 1 is 1.71 bits per heavy atom. The van der Waals surface area contributed by atoms with Crippen LogP contribution in [0.3, 0.4) is 0 Å². The average Bonchev–Trinajstić information content (AvgIpc) is 2.20. The van der Waals surface area contributed by atoms with Crippen LogP contribution in [0.2, 0.25) is 0 Å². The maximum atomic E-state index is 5.27. The van der Waals surface area contributed by atoms with E-state index in [1.54, 1.807) is 6.92 Å². The second kappa shape index (κ2) is 6.41. The third-order valence-electron chi connectivity index (χ3n) is 1.78. The van der Waals surface area contributed by atoms with Gasteiger partial charge in [-0.2, -0.15) is 0 Å². The summed E-state index contributed by atoms with van der Waals surface area (Å²) in [5, 5.41) is 7.12. The number of hydrogen-bond acceptors (Lipinski definition) is 4. The van der Waals surface area contributed by atoms with E-state index < -0.39 is 0 Å². The highest BCUT2D eigenvalue weighted by molar-refractivity contribution is 5.97. The van der Waals surface area contributed by atoms with Crippen molar-refractivity contribution in [3.8, 4) is 11.8 Å². The molecule has 78 valence electrons. The van der Waals surface area contributed by atoms with Crippen LogP contribution in [0.15, 0.2) is 5.16 Å². The third-order valence-corrected chi connectivity index (χ3v) is 1.78. The summed E-state index contributed by atoms with van der Waals surface area (Å²) in [6, 6.07) is 0.245. The summed E-state index contributed by atoms with van der Waals surface area (Å²) in [5.41, 5.74) is 0.698. The lowest BCUT2D eigenvalue weighted by Crippen LogP contribution is -2.43. The lowest BCUT2D eigenvalue weighted by molar-refractivity contribution is 0.0311. The number of hydrogen-bond donors (Lipinski definition) is 1. The highest BCUT2D eigenvalue weighted by atomic mass is 16.6. The van der Waals surface area contributed by atoms with Crippen LogP contribution in [-0.2, 0) is 9.57 Å². The lowest BCUT2D eigenvalue weighted by atomic mass is 10.3. The van der Waals surface area contributed by atoms with Gasteiger partial charge in [-0.15, -0.1) is 0 Å². The second-order valence-electron chi connectivity index (χ2n) is 3.07. The van der Waals surface area contributed by atoms with Gasteiger partial charge in [0.15, 0.2) is 0 Å². The maximum Gasteiger partial charge on any atom is 0.134 e. The van der Waals surface area contributed by atoms with Gasteiger partial charge in [-0.05, 0) is 19.8 Å². The van der Waals surface area contributed by atoms with E-state index in [0.717, 1.165) is 13.2 Å². The van der Waals surface area contributed by atoms with Gasteiger partial charge >= 0.3 is 0 Å². The molecule has 0 unspecified atom stereocenters. The van der Waals surface area contributed by atoms with E-state index in [-0.39, 0.29) is 6.04 Å². The summed E-state index contributed by atoms with van der Waals surface area (Å²) < 4.78 is 5.27. The predicted octanol–water partition coefficient (Wildman–Crippen LogP) is 0.391. The number of ether oxygens (including phenoxy) is 1. The van der Waals surface area contributed by atoms with Crippen molar-refractivity contribution in [1.82, 2.24) is 5.32 Å². The van der Waals surface area contributed by atoms with Crippen LogP contribution in [-0.4, -0.2) is 38.1 Å². The highest BCUT2D eigenvalue weighted by Gasteiger charge is 2.12. The molecule has 1 N–H and O–H groups in total. The highest BCUT2D eigenvalue weighted by Crippen LogP contribution is 1.94. The van der Waals surface area contributed by atoms with Crippen LogP contribution < -0.4 is 5.32 Å². The predicted molar refractivity (Wildman–Crippen MR) is 55.1 cm³/mol. The van der Waals surface area contributed by atoms with E-state index in [9.17, 15) is 0 Å². The molecular weight excluding hydrogens is 180 g/mol. The summed E-state index contributed by atoms with van der Waals surface area (Å²) in [4.78, 5) is 5.13. The lowest BCUT2D eigenvalue weighted by Gasteiger charge is -2.22. The van der Waals surface area contributed by atoms with E-state index in [4.69, 9.17) is 9.57 Å². The Balaban J connectivity index is 2.18. The Hall–Kier alpha value is -1.05. The van der Waals surface area contributed by atoms with Gasteiger partial charge in [-0.25, -0.2) is 0 Å². The summed E-state index contributed by atoms with van der Waals surface area (Å²) >= 11 is 0. The normalized spacial score (nSPS) is 22.4. The number of rotatable bonds is 3. The Bertz CT molecular complexity index is 247. The van der Waals surface area contributed by atoms with E-state index >= 15 is 0 Å². The molecule has 0 bridgehead atoms. The molecule has 1 rings (SSSR count). The van der Waals surface area contributed by atoms with Gasteiger partial charge in [-0.3, -0.25) is 0 Å². The van der Waals surface area contributed by atoms with Crippen molar-refractivity contribution in [3.63, 3.8) is 0 Å². The molecule has 0 aliphatic carbocycles. The summed E-state index contributed by atoms with van der Waals surface area (Å²) in [6.45, 7) is 6.47. The fourth-order valence-corrected chi connectivity index (χ4v) is 1.15. The van der Waals surface area contributed by atoms with Crippen LogP contribution >= 0.6 is 0 Å². The fraction of sp³-hybridized carbons (Fsp3) is 0.700. The van der Waals surface area contributed by atoms with Gasteiger partial charge in [-0.1, -0.05) is 11.1 Å². The molecule has 0 aromatic rings. The van der Waals surface area contributed by atoms with Gasteiger partial charge in [0, 0.05) is 6.54 Å². The molecule has 1 fully saturated rings. The van der Waals surface area contributed by atoms with E-state index in [1.807, 2.05) is 6.92 Å². The minimum absolute atomic E-state index is 0.245. The number of nitrogens with zero attached hydrogens (tertiary/aromatic N) is 1. The molecule has 4 nitrogen and oxygen atoms in total. The minimum atomic E-state index is 0.245. The maximum absolute atomic E-state index is 5.27. The van der Waals surface area contributed by atoms with E-state index in [2.05, 4.69) is 22.3 Å². The standard InChI is InChI=1S/C10H16N2O2/c1-3-4-9(2)12-14-8-10-7-13-6-5-11-10/h10-11H,5-8H2,1-2H3/b12-9-/t10-/m0/s1. The Morgan fingerprint density at radius 3 is 3.21 bits per heavy atom. The van der Waals surface area contributed by atoms with Crippen molar-refractivity contribution in [2.75, 3.05) is 26.4 Å². The SMILES string of the molecule is CC#C/C(C)=N\OC[C@@H]1COCCN1. The van der Waals surface area contributed by atoms with Crippen molar-refractivity contribution >= 4 is 5.71 Å². The fourth-order valence-electron chi connectivity index (χ4n) is 1.15. The van der Waals surface area contributed by atoms with Crippen LogP contribution in [0, 0.1) is 11.8 Å². The zero-order valence-corrected chi connectivity index (χ0v) is 8.67. The first-order chi connectivity index (χ1) is 6.83. The molecule has 1 aliphatic rings. The molecule has 0 radical (unpaired) electrons.